The number of carbonyl (C=O) groups is 1. The molecule has 2 aliphatic rings. The van der Waals surface area contributed by atoms with Gasteiger partial charge in [-0.05, 0) is 30.9 Å². The minimum absolute atomic E-state index is 0.0977. The Morgan fingerprint density at radius 2 is 2.00 bits per heavy atom. The topological polar surface area (TPSA) is 71.0 Å². The predicted octanol–water partition coefficient (Wildman–Crippen LogP) is 3.44. The van der Waals surface area contributed by atoms with Crippen LogP contribution in [0.5, 0.6) is 0 Å². The van der Waals surface area contributed by atoms with Crippen LogP contribution in [0, 0.1) is 5.92 Å². The van der Waals surface area contributed by atoms with E-state index in [1.54, 1.807) is 19.3 Å². The zero-order valence-corrected chi connectivity index (χ0v) is 15.9. The number of rotatable bonds is 5. The van der Waals surface area contributed by atoms with Gasteiger partial charge in [0.25, 0.3) is 0 Å². The van der Waals surface area contributed by atoms with Gasteiger partial charge in [0.1, 0.15) is 5.82 Å². The van der Waals surface area contributed by atoms with Crippen LogP contribution in [0.25, 0.3) is 11.4 Å². The molecule has 1 aliphatic carbocycles. The lowest BCUT2D eigenvalue weighted by molar-refractivity contribution is -0.129. The number of nitrogens with zero attached hydrogens (tertiary/aromatic N) is 4. The van der Waals surface area contributed by atoms with Crippen molar-refractivity contribution < 1.29 is 4.79 Å². The monoisotopic (exact) mass is 365 g/mol. The van der Waals surface area contributed by atoms with Gasteiger partial charge >= 0.3 is 0 Å². The maximum absolute atomic E-state index is 11.8. The molecule has 0 radical (unpaired) electrons. The second kappa shape index (κ2) is 8.03. The third-order valence-electron chi connectivity index (χ3n) is 5.77. The minimum atomic E-state index is 0.0977. The van der Waals surface area contributed by atoms with Crippen molar-refractivity contribution in [3.63, 3.8) is 0 Å². The number of fused-ring (bicyclic) bond motifs is 1. The van der Waals surface area contributed by atoms with E-state index in [0.29, 0.717) is 12.4 Å². The highest BCUT2D eigenvalue weighted by Gasteiger charge is 2.24. The average molecular weight is 365 g/mol. The molecular weight excluding hydrogens is 338 g/mol. The fraction of sp³-hybridized carbons (Fsp3) is 0.524. The van der Waals surface area contributed by atoms with E-state index in [4.69, 9.17) is 9.97 Å². The van der Waals surface area contributed by atoms with Gasteiger partial charge in [0.05, 0.1) is 12.2 Å². The van der Waals surface area contributed by atoms with Crippen LogP contribution < -0.4 is 5.32 Å². The summed E-state index contributed by atoms with van der Waals surface area (Å²) in [6.45, 7) is 3.86. The molecule has 1 amide bonds. The Morgan fingerprint density at radius 1 is 1.22 bits per heavy atom. The van der Waals surface area contributed by atoms with E-state index < -0.39 is 0 Å². The van der Waals surface area contributed by atoms with Gasteiger partial charge in [-0.3, -0.25) is 9.78 Å². The van der Waals surface area contributed by atoms with Crippen molar-refractivity contribution in [2.75, 3.05) is 18.4 Å². The number of anilines is 1. The van der Waals surface area contributed by atoms with Gasteiger partial charge in [-0.15, -0.1) is 0 Å². The minimum Gasteiger partial charge on any atom is -0.370 e. The van der Waals surface area contributed by atoms with Crippen molar-refractivity contribution in [1.82, 2.24) is 19.9 Å². The molecule has 1 saturated carbocycles. The summed E-state index contributed by atoms with van der Waals surface area (Å²) in [5, 5.41) is 3.58. The molecule has 6 nitrogen and oxygen atoms in total. The Kier molecular flexibility index (Phi) is 5.32. The molecule has 0 atom stereocenters. The number of carbonyl (C=O) groups excluding carboxylic acids is 1. The number of nitrogens with one attached hydrogen (secondary N) is 1. The summed E-state index contributed by atoms with van der Waals surface area (Å²) >= 11 is 0. The lowest BCUT2D eigenvalue weighted by Gasteiger charge is -2.28. The third-order valence-corrected chi connectivity index (χ3v) is 5.77. The largest absolute Gasteiger partial charge is 0.370 e. The molecule has 2 aromatic rings. The van der Waals surface area contributed by atoms with Crippen LogP contribution in [0.2, 0.25) is 0 Å². The molecule has 0 unspecified atom stereocenters. The quantitative estimate of drug-likeness (QED) is 0.879. The summed E-state index contributed by atoms with van der Waals surface area (Å²) in [4.78, 5) is 27.4. The molecule has 0 bridgehead atoms. The van der Waals surface area contributed by atoms with Gasteiger partial charge in [0.2, 0.25) is 5.91 Å². The summed E-state index contributed by atoms with van der Waals surface area (Å²) in [6, 6.07) is 3.85. The van der Waals surface area contributed by atoms with Crippen LogP contribution in [0.1, 0.15) is 50.3 Å². The molecule has 0 saturated heterocycles. The standard InChI is InChI=1S/C21H27N5O/c1-15(27)26-13-9-18-19(14-26)24-20(17-7-10-22-11-8-17)25-21(18)23-12-6-16-4-2-3-5-16/h7-8,10-11,16H,2-6,9,12-14H2,1H3,(H,23,24,25). The molecule has 3 heterocycles. The zero-order chi connectivity index (χ0) is 18.6. The van der Waals surface area contributed by atoms with E-state index in [0.717, 1.165) is 48.1 Å². The highest BCUT2D eigenvalue weighted by atomic mass is 16.2. The van der Waals surface area contributed by atoms with E-state index in [-0.39, 0.29) is 5.91 Å². The first-order chi connectivity index (χ1) is 13.2. The molecule has 142 valence electrons. The molecule has 4 rings (SSSR count). The van der Waals surface area contributed by atoms with Crippen LogP contribution in [-0.2, 0) is 17.8 Å². The van der Waals surface area contributed by atoms with Crippen molar-refractivity contribution in [3.8, 4) is 11.4 Å². The molecular formula is C21H27N5O. The summed E-state index contributed by atoms with van der Waals surface area (Å²) in [5.74, 6) is 2.58. The van der Waals surface area contributed by atoms with Gasteiger partial charge in [-0.1, -0.05) is 25.7 Å². The molecule has 0 aromatic carbocycles. The molecule has 27 heavy (non-hydrogen) atoms. The SMILES string of the molecule is CC(=O)N1CCc2c(nc(-c3ccncc3)nc2NCCC2CCCC2)C1. The average Bonchev–Trinajstić information content (AvgIpc) is 3.21. The van der Waals surface area contributed by atoms with E-state index in [1.807, 2.05) is 17.0 Å². The summed E-state index contributed by atoms with van der Waals surface area (Å²) in [5.41, 5.74) is 3.07. The van der Waals surface area contributed by atoms with Gasteiger partial charge in [-0.25, -0.2) is 9.97 Å². The molecule has 1 N–H and O–H groups in total. The summed E-state index contributed by atoms with van der Waals surface area (Å²) < 4.78 is 0. The number of hydrogen-bond donors (Lipinski definition) is 1. The fourth-order valence-electron chi connectivity index (χ4n) is 4.17. The fourth-order valence-corrected chi connectivity index (χ4v) is 4.17. The number of hydrogen-bond acceptors (Lipinski definition) is 5. The predicted molar refractivity (Wildman–Crippen MR) is 105 cm³/mol. The Morgan fingerprint density at radius 3 is 2.74 bits per heavy atom. The van der Waals surface area contributed by atoms with E-state index in [1.165, 1.54) is 32.1 Å². The highest BCUT2D eigenvalue weighted by molar-refractivity contribution is 5.74. The molecule has 1 aliphatic heterocycles. The second-order valence-electron chi connectivity index (χ2n) is 7.61. The summed E-state index contributed by atoms with van der Waals surface area (Å²) in [6.07, 6.45) is 11.0. The lowest BCUT2D eigenvalue weighted by Crippen LogP contribution is -2.35. The first-order valence-corrected chi connectivity index (χ1v) is 10.0. The van der Waals surface area contributed by atoms with Crippen LogP contribution in [-0.4, -0.2) is 38.8 Å². The lowest BCUT2D eigenvalue weighted by atomic mass is 10.0. The normalized spacial score (nSPS) is 17.0. The molecule has 0 spiro atoms. The third kappa shape index (κ3) is 4.10. The van der Waals surface area contributed by atoms with E-state index in [2.05, 4.69) is 10.3 Å². The first kappa shape index (κ1) is 17.9. The zero-order valence-electron chi connectivity index (χ0n) is 15.9. The van der Waals surface area contributed by atoms with Crippen molar-refractivity contribution in [2.24, 2.45) is 5.92 Å². The number of amides is 1. The van der Waals surface area contributed by atoms with Crippen molar-refractivity contribution in [3.05, 3.63) is 35.8 Å². The Labute approximate surface area is 160 Å². The van der Waals surface area contributed by atoms with Gasteiger partial charge in [-0.2, -0.15) is 0 Å². The van der Waals surface area contributed by atoms with Crippen LogP contribution in [0.15, 0.2) is 24.5 Å². The van der Waals surface area contributed by atoms with Gasteiger partial charge in [0.15, 0.2) is 5.82 Å². The molecule has 6 heteroatoms. The molecule has 1 fully saturated rings. The number of pyridine rings is 1. The smallest absolute Gasteiger partial charge is 0.219 e. The van der Waals surface area contributed by atoms with E-state index in [9.17, 15) is 4.79 Å². The van der Waals surface area contributed by atoms with Crippen LogP contribution >= 0.6 is 0 Å². The Balaban J connectivity index is 1.60. The molecule has 2 aromatic heterocycles. The second-order valence-corrected chi connectivity index (χ2v) is 7.61. The number of aromatic nitrogens is 3. The highest BCUT2D eigenvalue weighted by Crippen LogP contribution is 2.29. The van der Waals surface area contributed by atoms with E-state index >= 15 is 0 Å². The van der Waals surface area contributed by atoms with Crippen molar-refractivity contribution in [2.45, 2.75) is 52.0 Å². The Hall–Kier alpha value is -2.50. The van der Waals surface area contributed by atoms with Crippen LogP contribution in [0.4, 0.5) is 5.82 Å². The maximum Gasteiger partial charge on any atom is 0.219 e. The van der Waals surface area contributed by atoms with Gasteiger partial charge < -0.3 is 10.2 Å². The summed E-state index contributed by atoms with van der Waals surface area (Å²) in [7, 11) is 0. The van der Waals surface area contributed by atoms with Gasteiger partial charge in [0, 0.05) is 43.5 Å². The van der Waals surface area contributed by atoms with Crippen molar-refractivity contribution in [1.29, 1.82) is 0 Å². The van der Waals surface area contributed by atoms with Crippen LogP contribution in [0.3, 0.4) is 0 Å². The first-order valence-electron chi connectivity index (χ1n) is 10.0. The Bertz CT molecular complexity index is 802. The van der Waals surface area contributed by atoms with Crippen molar-refractivity contribution >= 4 is 11.7 Å². The maximum atomic E-state index is 11.8.